The van der Waals surface area contributed by atoms with Crippen molar-refractivity contribution in [3.63, 3.8) is 0 Å². The highest BCUT2D eigenvalue weighted by Crippen LogP contribution is 2.35. The van der Waals surface area contributed by atoms with Gasteiger partial charge in [0, 0.05) is 24.6 Å². The van der Waals surface area contributed by atoms with Crippen molar-refractivity contribution in [1.29, 1.82) is 0 Å². The normalized spacial score (nSPS) is 15.3. The summed E-state index contributed by atoms with van der Waals surface area (Å²) in [6, 6.07) is 24.4. The number of carbonyl (C=O) groups is 2. The molecule has 0 spiro atoms. The average molecular weight is 485 g/mol. The monoisotopic (exact) mass is 484 g/mol. The van der Waals surface area contributed by atoms with Crippen molar-refractivity contribution in [1.82, 2.24) is 10.2 Å². The summed E-state index contributed by atoms with van der Waals surface area (Å²) in [4.78, 5) is 27.4. The second-order valence-corrected chi connectivity index (χ2v) is 9.25. The van der Waals surface area contributed by atoms with Gasteiger partial charge in [0.2, 0.25) is 11.0 Å². The second kappa shape index (κ2) is 10.1. The summed E-state index contributed by atoms with van der Waals surface area (Å²) in [5.74, 6) is 0.759. The Morgan fingerprint density at radius 3 is 2.54 bits per heavy atom. The third-order valence-electron chi connectivity index (χ3n) is 5.89. The van der Waals surface area contributed by atoms with Gasteiger partial charge in [-0.25, -0.2) is 0 Å². The Balaban J connectivity index is 1.27. The minimum absolute atomic E-state index is 0.0621. The first-order chi connectivity index (χ1) is 17.1. The number of para-hydroxylation sites is 2. The Bertz CT molecular complexity index is 1340. The van der Waals surface area contributed by atoms with Gasteiger partial charge >= 0.3 is 0 Å². The van der Waals surface area contributed by atoms with Gasteiger partial charge in [0.15, 0.2) is 0 Å². The van der Waals surface area contributed by atoms with Crippen molar-refractivity contribution in [2.24, 2.45) is 0 Å². The van der Waals surface area contributed by atoms with E-state index in [4.69, 9.17) is 4.74 Å². The molecule has 0 bridgehead atoms. The average Bonchev–Trinajstić information content (AvgIpc) is 3.51. The van der Waals surface area contributed by atoms with Crippen LogP contribution in [0.1, 0.15) is 40.2 Å². The number of hydrogen-bond donors (Lipinski definition) is 1. The van der Waals surface area contributed by atoms with Crippen molar-refractivity contribution in [3.05, 3.63) is 95.0 Å². The Hall–Kier alpha value is -4.04. The lowest BCUT2D eigenvalue weighted by atomic mass is 10.1. The number of amides is 2. The summed E-state index contributed by atoms with van der Waals surface area (Å²) < 4.78 is 5.90. The van der Waals surface area contributed by atoms with Crippen LogP contribution in [0.4, 0.5) is 10.8 Å². The van der Waals surface area contributed by atoms with Gasteiger partial charge in [-0.3, -0.25) is 14.9 Å². The van der Waals surface area contributed by atoms with Gasteiger partial charge in [-0.05, 0) is 48.4 Å². The van der Waals surface area contributed by atoms with Crippen LogP contribution in [0.15, 0.2) is 78.9 Å². The van der Waals surface area contributed by atoms with Crippen molar-refractivity contribution in [2.45, 2.75) is 25.7 Å². The number of aryl methyl sites for hydroxylation is 1. The minimum Gasteiger partial charge on any atom is -0.457 e. The lowest BCUT2D eigenvalue weighted by molar-refractivity contribution is -0.117. The molecule has 1 N–H and O–H groups in total. The maximum absolute atomic E-state index is 13.0. The van der Waals surface area contributed by atoms with E-state index >= 15 is 0 Å². The molecule has 1 unspecified atom stereocenters. The lowest BCUT2D eigenvalue weighted by Crippen LogP contribution is -2.24. The molecule has 176 valence electrons. The molecule has 1 saturated heterocycles. The van der Waals surface area contributed by atoms with Crippen LogP contribution >= 0.6 is 11.3 Å². The van der Waals surface area contributed by atoms with E-state index in [2.05, 4.69) is 22.4 Å². The van der Waals surface area contributed by atoms with Crippen LogP contribution in [0.5, 0.6) is 11.5 Å². The highest BCUT2D eigenvalue weighted by Gasteiger charge is 2.34. The Morgan fingerprint density at radius 2 is 1.77 bits per heavy atom. The second-order valence-electron chi connectivity index (χ2n) is 8.24. The van der Waals surface area contributed by atoms with E-state index in [9.17, 15) is 9.59 Å². The van der Waals surface area contributed by atoms with Crippen LogP contribution in [-0.2, 0) is 11.2 Å². The summed E-state index contributed by atoms with van der Waals surface area (Å²) in [6.45, 7) is 2.65. The van der Waals surface area contributed by atoms with Crippen molar-refractivity contribution < 1.29 is 14.3 Å². The maximum Gasteiger partial charge on any atom is 0.261 e. The van der Waals surface area contributed by atoms with Crippen LogP contribution in [0.2, 0.25) is 0 Å². The SMILES string of the molecule is CCc1ccc(N2CC(c3nnc(NC(=O)c4ccccc4Oc4ccccc4)s3)CC2=O)cc1. The van der Waals surface area contributed by atoms with E-state index in [0.29, 0.717) is 35.2 Å². The smallest absolute Gasteiger partial charge is 0.261 e. The highest BCUT2D eigenvalue weighted by molar-refractivity contribution is 7.15. The molecule has 0 saturated carbocycles. The molecule has 1 atom stereocenters. The Kier molecular flexibility index (Phi) is 6.54. The molecule has 0 radical (unpaired) electrons. The topological polar surface area (TPSA) is 84.4 Å². The Morgan fingerprint density at radius 1 is 1.03 bits per heavy atom. The van der Waals surface area contributed by atoms with Gasteiger partial charge in [0.25, 0.3) is 5.91 Å². The van der Waals surface area contributed by atoms with Gasteiger partial charge in [0.05, 0.1) is 5.56 Å². The lowest BCUT2D eigenvalue weighted by Gasteiger charge is -2.16. The first-order valence-corrected chi connectivity index (χ1v) is 12.3. The van der Waals surface area contributed by atoms with Gasteiger partial charge in [-0.2, -0.15) is 0 Å². The molecule has 4 aromatic rings. The van der Waals surface area contributed by atoms with Crippen LogP contribution in [0.3, 0.4) is 0 Å². The zero-order valence-corrected chi connectivity index (χ0v) is 20.0. The number of hydrogen-bond acceptors (Lipinski definition) is 6. The molecule has 1 fully saturated rings. The quantitative estimate of drug-likeness (QED) is 0.366. The number of ether oxygens (including phenoxy) is 1. The molecule has 1 aliphatic rings. The third-order valence-corrected chi connectivity index (χ3v) is 6.90. The first kappa shape index (κ1) is 22.7. The summed E-state index contributed by atoms with van der Waals surface area (Å²) in [6.07, 6.45) is 1.32. The van der Waals surface area contributed by atoms with Gasteiger partial charge in [0.1, 0.15) is 16.5 Å². The summed E-state index contributed by atoms with van der Waals surface area (Å²) in [7, 11) is 0. The molecule has 1 aromatic heterocycles. The van der Waals surface area contributed by atoms with Gasteiger partial charge in [-0.1, -0.05) is 60.7 Å². The standard InChI is InChI=1S/C27H24N4O3S/c1-2-18-12-14-20(15-13-18)31-17-19(16-24(31)32)26-29-30-27(35-26)28-25(33)22-10-6-7-11-23(22)34-21-8-4-3-5-9-21/h3-15,19H,2,16-17H2,1H3,(H,28,30,33). The third kappa shape index (κ3) is 5.07. The van der Waals surface area contributed by atoms with E-state index < -0.39 is 0 Å². The molecule has 2 amide bonds. The first-order valence-electron chi connectivity index (χ1n) is 11.5. The molecular weight excluding hydrogens is 460 g/mol. The van der Waals surface area contributed by atoms with E-state index in [0.717, 1.165) is 17.1 Å². The maximum atomic E-state index is 13.0. The predicted octanol–water partition coefficient (Wildman–Crippen LogP) is 5.67. The van der Waals surface area contributed by atoms with Crippen LogP contribution in [-0.4, -0.2) is 28.6 Å². The fraction of sp³-hybridized carbons (Fsp3) is 0.185. The highest BCUT2D eigenvalue weighted by atomic mass is 32.1. The van der Waals surface area contributed by atoms with Crippen molar-refractivity contribution >= 4 is 34.0 Å². The largest absolute Gasteiger partial charge is 0.457 e. The number of aromatic nitrogens is 2. The molecule has 1 aliphatic heterocycles. The molecule has 7 nitrogen and oxygen atoms in total. The number of benzene rings is 3. The molecule has 3 aromatic carbocycles. The van der Waals surface area contributed by atoms with E-state index in [1.165, 1.54) is 16.9 Å². The van der Waals surface area contributed by atoms with Crippen LogP contribution in [0.25, 0.3) is 0 Å². The summed E-state index contributed by atoms with van der Waals surface area (Å²) in [5.41, 5.74) is 2.52. The predicted molar refractivity (Wildman–Crippen MR) is 136 cm³/mol. The number of nitrogens with one attached hydrogen (secondary N) is 1. The van der Waals surface area contributed by atoms with E-state index in [1.54, 1.807) is 23.1 Å². The molecular formula is C27H24N4O3S. The number of anilines is 2. The van der Waals surface area contributed by atoms with Crippen molar-refractivity contribution in [2.75, 3.05) is 16.8 Å². The molecule has 8 heteroatoms. The minimum atomic E-state index is -0.334. The van der Waals surface area contributed by atoms with Crippen molar-refractivity contribution in [3.8, 4) is 11.5 Å². The van der Waals surface area contributed by atoms with Crippen LogP contribution < -0.4 is 15.0 Å². The van der Waals surface area contributed by atoms with Crippen LogP contribution in [0, 0.1) is 0 Å². The fourth-order valence-electron chi connectivity index (χ4n) is 4.01. The molecule has 2 heterocycles. The number of rotatable bonds is 7. The summed E-state index contributed by atoms with van der Waals surface area (Å²) in [5, 5.41) is 12.4. The number of carbonyl (C=O) groups excluding carboxylic acids is 2. The Labute approximate surface area is 207 Å². The molecule has 35 heavy (non-hydrogen) atoms. The van der Waals surface area contributed by atoms with E-state index in [-0.39, 0.29) is 17.7 Å². The molecule has 0 aliphatic carbocycles. The van der Waals surface area contributed by atoms with Gasteiger partial charge in [-0.15, -0.1) is 10.2 Å². The zero-order chi connectivity index (χ0) is 24.2. The zero-order valence-electron chi connectivity index (χ0n) is 19.2. The number of nitrogens with zero attached hydrogens (tertiary/aromatic N) is 3. The van der Waals surface area contributed by atoms with E-state index in [1.807, 2.05) is 60.7 Å². The fourth-order valence-corrected chi connectivity index (χ4v) is 4.84. The summed E-state index contributed by atoms with van der Waals surface area (Å²) >= 11 is 1.29. The molecule has 5 rings (SSSR count). The van der Waals surface area contributed by atoms with Gasteiger partial charge < -0.3 is 9.64 Å².